The maximum Gasteiger partial charge on any atom is 0.323 e. The van der Waals surface area contributed by atoms with Crippen molar-refractivity contribution in [1.29, 1.82) is 0 Å². The lowest BCUT2D eigenvalue weighted by Crippen LogP contribution is -2.20. The van der Waals surface area contributed by atoms with Gasteiger partial charge < -0.3 is 15.4 Å². The number of hydrogen-bond acceptors (Lipinski definition) is 4. The Hall–Kier alpha value is -4.11. The zero-order valence-corrected chi connectivity index (χ0v) is 18.7. The Labute approximate surface area is 200 Å². The summed E-state index contributed by atoms with van der Waals surface area (Å²) < 4.78 is 34.7. The van der Waals surface area contributed by atoms with E-state index < -0.39 is 17.7 Å². The molecule has 2 amide bonds. The maximum absolute atomic E-state index is 13.4. The van der Waals surface area contributed by atoms with Gasteiger partial charge in [0.25, 0.3) is 0 Å². The molecule has 3 heterocycles. The van der Waals surface area contributed by atoms with Crippen LogP contribution in [0.2, 0.25) is 0 Å². The number of carbonyl (C=O) groups excluding carboxylic acids is 1. The van der Waals surface area contributed by atoms with E-state index in [9.17, 15) is 13.6 Å². The molecule has 178 valence electrons. The van der Waals surface area contributed by atoms with E-state index in [1.165, 1.54) is 0 Å². The molecule has 1 saturated heterocycles. The lowest BCUT2D eigenvalue weighted by molar-refractivity contribution is -0.0367. The van der Waals surface area contributed by atoms with Gasteiger partial charge in [-0.15, -0.1) is 0 Å². The molecule has 1 aliphatic rings. The van der Waals surface area contributed by atoms with E-state index in [-0.39, 0.29) is 11.9 Å². The summed E-state index contributed by atoms with van der Waals surface area (Å²) in [6.45, 7) is 0.686. The van der Waals surface area contributed by atoms with E-state index >= 15 is 0 Å². The lowest BCUT2D eigenvalue weighted by Gasteiger charge is -2.23. The van der Waals surface area contributed by atoms with Crippen molar-refractivity contribution in [3.8, 4) is 0 Å². The van der Waals surface area contributed by atoms with Crippen LogP contribution in [-0.4, -0.2) is 27.4 Å². The first kappa shape index (κ1) is 22.7. The molecule has 9 heteroatoms. The van der Waals surface area contributed by atoms with Crippen molar-refractivity contribution in [2.24, 2.45) is 0 Å². The smallest absolute Gasteiger partial charge is 0.323 e. The number of fused-ring (bicyclic) bond motifs is 1. The molecule has 35 heavy (non-hydrogen) atoms. The largest absolute Gasteiger partial charge is 0.356 e. The predicted octanol–water partition coefficient (Wildman–Crippen LogP) is 6.22. The fraction of sp³-hybridized carbons (Fsp3) is 0.192. The minimum absolute atomic E-state index is 0.0160. The van der Waals surface area contributed by atoms with Crippen LogP contribution in [0.1, 0.15) is 36.9 Å². The van der Waals surface area contributed by atoms with Crippen LogP contribution in [0.3, 0.4) is 0 Å². The van der Waals surface area contributed by atoms with Crippen LogP contribution in [0.25, 0.3) is 23.1 Å². The fourth-order valence-electron chi connectivity index (χ4n) is 4.06. The van der Waals surface area contributed by atoms with Crippen molar-refractivity contribution >= 4 is 40.5 Å². The molecule has 0 spiro atoms. The number of benzene rings is 2. The second-order valence-electron chi connectivity index (χ2n) is 8.21. The molecule has 1 fully saturated rings. The second-order valence-corrected chi connectivity index (χ2v) is 8.21. The van der Waals surface area contributed by atoms with Gasteiger partial charge >= 0.3 is 6.03 Å². The monoisotopic (exact) mass is 475 g/mol. The molecule has 7 nitrogen and oxygen atoms in total. The normalized spacial score (nSPS) is 16.0. The van der Waals surface area contributed by atoms with Gasteiger partial charge in [0, 0.05) is 35.6 Å². The zero-order chi connectivity index (χ0) is 24.2. The van der Waals surface area contributed by atoms with Crippen LogP contribution < -0.4 is 10.6 Å². The Kier molecular flexibility index (Phi) is 6.49. The average molecular weight is 475 g/mol. The van der Waals surface area contributed by atoms with Crippen LogP contribution in [-0.2, 0) is 4.74 Å². The van der Waals surface area contributed by atoms with Crippen LogP contribution in [0.15, 0.2) is 60.8 Å². The number of nitrogens with zero attached hydrogens (tertiary/aromatic N) is 3. The summed E-state index contributed by atoms with van der Waals surface area (Å²) in [4.78, 5) is 16.8. The molecule has 1 unspecified atom stereocenters. The van der Waals surface area contributed by atoms with Gasteiger partial charge in [0.2, 0.25) is 0 Å². The quantitative estimate of drug-likeness (QED) is 0.359. The molecule has 0 radical (unpaired) electrons. The minimum Gasteiger partial charge on any atom is -0.356 e. The van der Waals surface area contributed by atoms with Crippen LogP contribution >= 0.6 is 0 Å². The molecule has 1 atom stereocenters. The van der Waals surface area contributed by atoms with Crippen molar-refractivity contribution in [3.05, 3.63) is 83.8 Å². The highest BCUT2D eigenvalue weighted by molar-refractivity contribution is 6.01. The summed E-state index contributed by atoms with van der Waals surface area (Å²) >= 11 is 0. The number of anilines is 2. The average Bonchev–Trinajstić information content (AvgIpc) is 3.21. The summed E-state index contributed by atoms with van der Waals surface area (Å²) in [6, 6.07) is 13.3. The highest BCUT2D eigenvalue weighted by atomic mass is 19.1. The Bertz CT molecular complexity index is 1360. The molecule has 5 rings (SSSR count). The molecule has 0 bridgehead atoms. The molecule has 0 saturated carbocycles. The number of carbonyl (C=O) groups is 1. The second kappa shape index (κ2) is 10.0. The molecule has 2 aromatic carbocycles. The van der Waals surface area contributed by atoms with E-state index in [2.05, 4.69) is 15.6 Å². The van der Waals surface area contributed by atoms with Gasteiger partial charge in [-0.1, -0.05) is 6.07 Å². The number of nitrogens with one attached hydrogen (secondary N) is 2. The van der Waals surface area contributed by atoms with Gasteiger partial charge in [-0.25, -0.2) is 18.3 Å². The van der Waals surface area contributed by atoms with Crippen LogP contribution in [0.4, 0.5) is 25.0 Å². The standard InChI is InChI=1S/C26H23F2N5O2/c27-17-13-18(28)15-21(14-17)31-26(34)30-20-8-10-24-22(16-20)23(9-7-19-5-1-3-11-29-19)32-33(24)25-6-2-4-12-35-25/h1,3,5,7-11,13-16,25H,2,4,6,12H2,(H2,30,31,34)/b9-7+. The number of aromatic nitrogens is 3. The molecule has 2 N–H and O–H groups in total. The van der Waals surface area contributed by atoms with Crippen LogP contribution in [0.5, 0.6) is 0 Å². The summed E-state index contributed by atoms with van der Waals surface area (Å²) in [5.74, 6) is -1.55. The predicted molar refractivity (Wildman–Crippen MR) is 131 cm³/mol. The first-order valence-electron chi connectivity index (χ1n) is 11.3. The first-order valence-corrected chi connectivity index (χ1v) is 11.3. The number of ether oxygens (including phenoxy) is 1. The SMILES string of the molecule is O=C(Nc1cc(F)cc(F)c1)Nc1ccc2c(c1)c(/C=C/c1ccccn1)nn2C1CCCCO1. The van der Waals surface area contributed by atoms with Crippen molar-refractivity contribution < 1.29 is 18.3 Å². The van der Waals surface area contributed by atoms with Gasteiger partial charge in [-0.05, 0) is 73.9 Å². The van der Waals surface area contributed by atoms with E-state index in [1.807, 2.05) is 47.2 Å². The van der Waals surface area contributed by atoms with Crippen LogP contribution in [0, 0.1) is 11.6 Å². The Morgan fingerprint density at radius 1 is 1.00 bits per heavy atom. The van der Waals surface area contributed by atoms with E-state index in [4.69, 9.17) is 9.84 Å². The van der Waals surface area contributed by atoms with Crippen molar-refractivity contribution in [3.63, 3.8) is 0 Å². The summed E-state index contributed by atoms with van der Waals surface area (Å²) in [7, 11) is 0. The highest BCUT2D eigenvalue weighted by Crippen LogP contribution is 2.30. The molecule has 0 aliphatic carbocycles. The van der Waals surface area contributed by atoms with E-state index in [0.717, 1.165) is 54.1 Å². The summed E-state index contributed by atoms with van der Waals surface area (Å²) in [5.41, 5.74) is 2.89. The third kappa shape index (κ3) is 5.36. The molecular formula is C26H23F2N5O2. The topological polar surface area (TPSA) is 81.1 Å². The molecule has 2 aromatic heterocycles. The number of rotatable bonds is 5. The number of hydrogen-bond donors (Lipinski definition) is 2. The Morgan fingerprint density at radius 2 is 1.83 bits per heavy atom. The third-order valence-electron chi connectivity index (χ3n) is 5.64. The van der Waals surface area contributed by atoms with E-state index in [0.29, 0.717) is 18.0 Å². The molecular weight excluding hydrogens is 452 g/mol. The number of urea groups is 1. The number of amides is 2. The van der Waals surface area contributed by atoms with Crippen molar-refractivity contribution in [2.75, 3.05) is 17.2 Å². The van der Waals surface area contributed by atoms with Gasteiger partial charge in [0.15, 0.2) is 6.23 Å². The lowest BCUT2D eigenvalue weighted by atomic mass is 10.1. The fourth-order valence-corrected chi connectivity index (χ4v) is 4.06. The van der Waals surface area contributed by atoms with Crippen molar-refractivity contribution in [1.82, 2.24) is 14.8 Å². The van der Waals surface area contributed by atoms with Crippen molar-refractivity contribution in [2.45, 2.75) is 25.5 Å². The Morgan fingerprint density at radius 3 is 2.57 bits per heavy atom. The maximum atomic E-state index is 13.4. The Balaban J connectivity index is 1.44. The number of halogens is 2. The first-order chi connectivity index (χ1) is 17.0. The number of pyridine rings is 1. The molecule has 1 aliphatic heterocycles. The summed E-state index contributed by atoms with van der Waals surface area (Å²) in [6.07, 6.45) is 8.27. The zero-order valence-electron chi connectivity index (χ0n) is 18.7. The minimum atomic E-state index is -0.775. The van der Waals surface area contributed by atoms with Gasteiger partial charge in [0.05, 0.1) is 16.9 Å². The molecule has 4 aromatic rings. The third-order valence-corrected chi connectivity index (χ3v) is 5.64. The van der Waals surface area contributed by atoms with Gasteiger partial charge in [-0.2, -0.15) is 5.10 Å². The van der Waals surface area contributed by atoms with Gasteiger partial charge in [0.1, 0.15) is 11.6 Å². The highest BCUT2D eigenvalue weighted by Gasteiger charge is 2.21. The van der Waals surface area contributed by atoms with Gasteiger partial charge in [-0.3, -0.25) is 4.98 Å². The summed E-state index contributed by atoms with van der Waals surface area (Å²) in [5, 5.41) is 10.8. The van der Waals surface area contributed by atoms with E-state index in [1.54, 1.807) is 12.3 Å².